The van der Waals surface area contributed by atoms with Crippen LogP contribution in [0.5, 0.6) is 5.75 Å². The molecule has 20 heavy (non-hydrogen) atoms. The van der Waals surface area contributed by atoms with Gasteiger partial charge >= 0.3 is 6.03 Å². The van der Waals surface area contributed by atoms with Crippen LogP contribution in [0.3, 0.4) is 0 Å². The fourth-order valence-corrected chi connectivity index (χ4v) is 1.93. The van der Waals surface area contributed by atoms with Crippen LogP contribution in [0.4, 0.5) is 4.79 Å². The van der Waals surface area contributed by atoms with E-state index in [4.69, 9.17) is 10.5 Å². The molecule has 104 valence electrons. The number of hydrogen-bond acceptors (Lipinski definition) is 4. The van der Waals surface area contributed by atoms with Gasteiger partial charge < -0.3 is 15.8 Å². The van der Waals surface area contributed by atoms with Gasteiger partial charge in [-0.25, -0.2) is 4.79 Å². The van der Waals surface area contributed by atoms with Crippen molar-refractivity contribution in [2.75, 3.05) is 6.61 Å². The van der Waals surface area contributed by atoms with Gasteiger partial charge in [-0.2, -0.15) is 0 Å². The normalized spacial score (nSPS) is 15.9. The summed E-state index contributed by atoms with van der Waals surface area (Å²) in [6.45, 7) is -0.281. The lowest BCUT2D eigenvalue weighted by atomic mass is 10.1. The number of nitrogens with two attached hydrogens (primary N) is 1. The second-order valence-electron chi connectivity index (χ2n) is 3.90. The first-order chi connectivity index (χ1) is 9.45. The first-order valence-corrected chi connectivity index (χ1v) is 6.29. The van der Waals surface area contributed by atoms with Crippen molar-refractivity contribution in [2.24, 2.45) is 5.73 Å². The highest BCUT2D eigenvalue weighted by Crippen LogP contribution is 2.25. The minimum atomic E-state index is -0.613. The van der Waals surface area contributed by atoms with Crippen LogP contribution in [0.25, 0.3) is 6.08 Å². The van der Waals surface area contributed by atoms with E-state index in [9.17, 15) is 14.4 Å². The molecule has 0 unspecified atom stereocenters. The van der Waals surface area contributed by atoms with E-state index >= 15 is 0 Å². The first-order valence-electron chi connectivity index (χ1n) is 5.50. The van der Waals surface area contributed by atoms with Crippen molar-refractivity contribution in [3.05, 3.63) is 33.9 Å². The molecule has 0 aromatic heterocycles. The molecule has 1 fully saturated rings. The second kappa shape index (κ2) is 5.74. The van der Waals surface area contributed by atoms with Crippen molar-refractivity contribution in [3.8, 4) is 5.75 Å². The molecule has 1 aromatic rings. The molecule has 1 aromatic carbocycles. The zero-order chi connectivity index (χ0) is 14.7. The van der Waals surface area contributed by atoms with Gasteiger partial charge in [-0.3, -0.25) is 14.9 Å². The number of rotatable bonds is 4. The van der Waals surface area contributed by atoms with E-state index < -0.39 is 17.8 Å². The summed E-state index contributed by atoms with van der Waals surface area (Å²) in [5.74, 6) is -0.775. The van der Waals surface area contributed by atoms with Gasteiger partial charge in [-0.15, -0.1) is 0 Å². The van der Waals surface area contributed by atoms with Crippen LogP contribution in [0, 0.1) is 0 Å². The van der Waals surface area contributed by atoms with Gasteiger partial charge in [0.2, 0.25) is 0 Å². The van der Waals surface area contributed by atoms with E-state index in [-0.39, 0.29) is 12.3 Å². The number of urea groups is 1. The van der Waals surface area contributed by atoms with Crippen molar-refractivity contribution < 1.29 is 19.1 Å². The van der Waals surface area contributed by atoms with Crippen LogP contribution in [0.15, 0.2) is 28.4 Å². The first kappa shape index (κ1) is 14.1. The number of hydrogen-bond donors (Lipinski definition) is 3. The predicted molar refractivity (Wildman–Crippen MR) is 73.5 cm³/mol. The van der Waals surface area contributed by atoms with Crippen LogP contribution >= 0.6 is 15.9 Å². The SMILES string of the molecule is NC(=O)COc1ccc(Br)cc1C=C1NC(=O)NC1=O. The van der Waals surface area contributed by atoms with E-state index in [0.29, 0.717) is 11.3 Å². The third-order valence-corrected chi connectivity index (χ3v) is 2.85. The van der Waals surface area contributed by atoms with Crippen molar-refractivity contribution in [1.29, 1.82) is 0 Å². The van der Waals surface area contributed by atoms with Crippen molar-refractivity contribution in [3.63, 3.8) is 0 Å². The van der Waals surface area contributed by atoms with E-state index in [1.165, 1.54) is 6.08 Å². The molecule has 0 radical (unpaired) electrons. The predicted octanol–water partition coefficient (Wildman–Crippen LogP) is 0.493. The molecule has 4 N–H and O–H groups in total. The summed E-state index contributed by atoms with van der Waals surface area (Å²) >= 11 is 3.29. The summed E-state index contributed by atoms with van der Waals surface area (Å²) < 4.78 is 5.99. The fraction of sp³-hybridized carbons (Fsp3) is 0.0833. The maximum atomic E-state index is 11.5. The Hall–Kier alpha value is -2.35. The molecular weight excluding hydrogens is 330 g/mol. The largest absolute Gasteiger partial charge is 0.483 e. The Kier molecular flexibility index (Phi) is 4.04. The number of imide groups is 1. The van der Waals surface area contributed by atoms with Gasteiger partial charge in [-0.05, 0) is 24.3 Å². The number of primary amides is 1. The average Bonchev–Trinajstić information content (AvgIpc) is 2.66. The lowest BCUT2D eigenvalue weighted by Crippen LogP contribution is -2.22. The standard InChI is InChI=1S/C12H10BrN3O4/c13-7-1-2-9(20-5-10(14)17)6(3-7)4-8-11(18)16-12(19)15-8/h1-4H,5H2,(H2,14,17)(H2,15,16,18,19). The highest BCUT2D eigenvalue weighted by atomic mass is 79.9. The molecule has 0 bridgehead atoms. The highest BCUT2D eigenvalue weighted by molar-refractivity contribution is 9.10. The second-order valence-corrected chi connectivity index (χ2v) is 4.82. The highest BCUT2D eigenvalue weighted by Gasteiger charge is 2.23. The Labute approximate surface area is 122 Å². The minimum Gasteiger partial charge on any atom is -0.483 e. The maximum absolute atomic E-state index is 11.5. The van der Waals surface area contributed by atoms with Crippen LogP contribution in [-0.4, -0.2) is 24.5 Å². The monoisotopic (exact) mass is 339 g/mol. The molecule has 7 nitrogen and oxygen atoms in total. The van der Waals surface area contributed by atoms with Gasteiger partial charge in [-0.1, -0.05) is 15.9 Å². The van der Waals surface area contributed by atoms with Gasteiger partial charge in [0.05, 0.1) is 0 Å². The van der Waals surface area contributed by atoms with Crippen LogP contribution in [0.1, 0.15) is 5.56 Å². The molecule has 1 aliphatic rings. The Bertz CT molecular complexity index is 627. The summed E-state index contributed by atoms with van der Waals surface area (Å²) in [6, 6.07) is 4.43. The number of benzene rings is 1. The third-order valence-electron chi connectivity index (χ3n) is 2.36. The maximum Gasteiger partial charge on any atom is 0.326 e. The van der Waals surface area contributed by atoms with Crippen LogP contribution in [-0.2, 0) is 9.59 Å². The van der Waals surface area contributed by atoms with Crippen LogP contribution < -0.4 is 21.1 Å². The summed E-state index contributed by atoms with van der Waals surface area (Å²) in [5, 5.41) is 4.45. The van der Waals surface area contributed by atoms with Crippen molar-refractivity contribution in [2.45, 2.75) is 0 Å². The molecule has 0 aliphatic carbocycles. The molecule has 1 aliphatic heterocycles. The van der Waals surface area contributed by atoms with Gasteiger partial charge in [0.1, 0.15) is 11.4 Å². The van der Waals surface area contributed by atoms with Gasteiger partial charge in [0, 0.05) is 10.0 Å². The molecule has 0 atom stereocenters. The molecule has 8 heteroatoms. The summed E-state index contributed by atoms with van der Waals surface area (Å²) in [5.41, 5.74) is 5.63. The molecule has 0 saturated carbocycles. The smallest absolute Gasteiger partial charge is 0.326 e. The zero-order valence-corrected chi connectivity index (χ0v) is 11.7. The van der Waals surface area contributed by atoms with Crippen LogP contribution in [0.2, 0.25) is 0 Å². The Morgan fingerprint density at radius 2 is 2.10 bits per heavy atom. The number of halogens is 1. The quantitative estimate of drug-likeness (QED) is 0.547. The number of ether oxygens (including phenoxy) is 1. The number of carbonyl (C=O) groups excluding carboxylic acids is 3. The number of amides is 4. The van der Waals surface area contributed by atoms with E-state index in [1.807, 2.05) is 0 Å². The Morgan fingerprint density at radius 3 is 2.70 bits per heavy atom. The van der Waals surface area contributed by atoms with Crippen molar-refractivity contribution >= 4 is 39.9 Å². The lowest BCUT2D eigenvalue weighted by Gasteiger charge is -2.08. The molecule has 1 heterocycles. The topological polar surface area (TPSA) is 111 Å². The average molecular weight is 340 g/mol. The molecule has 0 spiro atoms. The fourth-order valence-electron chi connectivity index (χ4n) is 1.55. The summed E-state index contributed by atoms with van der Waals surface area (Å²) in [7, 11) is 0. The number of nitrogens with one attached hydrogen (secondary N) is 2. The number of carbonyl (C=O) groups is 3. The summed E-state index contributed by atoms with van der Waals surface area (Å²) in [6.07, 6.45) is 1.45. The third kappa shape index (κ3) is 3.35. The zero-order valence-electron chi connectivity index (χ0n) is 10.1. The molecule has 2 rings (SSSR count). The Morgan fingerprint density at radius 1 is 1.35 bits per heavy atom. The van der Waals surface area contributed by atoms with E-state index in [1.54, 1.807) is 18.2 Å². The Balaban J connectivity index is 2.32. The van der Waals surface area contributed by atoms with E-state index in [0.717, 1.165) is 4.47 Å². The summed E-state index contributed by atoms with van der Waals surface area (Å²) in [4.78, 5) is 33.2. The van der Waals surface area contributed by atoms with Gasteiger partial charge in [0.25, 0.3) is 11.8 Å². The minimum absolute atomic E-state index is 0.0945. The molecule has 1 saturated heterocycles. The molecular formula is C12H10BrN3O4. The van der Waals surface area contributed by atoms with Gasteiger partial charge in [0.15, 0.2) is 6.61 Å². The van der Waals surface area contributed by atoms with Crippen molar-refractivity contribution in [1.82, 2.24) is 10.6 Å². The molecule has 4 amide bonds. The lowest BCUT2D eigenvalue weighted by molar-refractivity contribution is -0.120. The van der Waals surface area contributed by atoms with E-state index in [2.05, 4.69) is 26.6 Å².